The number of amides is 2. The first-order valence-corrected chi connectivity index (χ1v) is 5.98. The highest BCUT2D eigenvalue weighted by Crippen LogP contribution is 2.39. The van der Waals surface area contributed by atoms with Crippen molar-refractivity contribution in [3.8, 4) is 0 Å². The van der Waals surface area contributed by atoms with Crippen molar-refractivity contribution in [1.29, 1.82) is 0 Å². The van der Waals surface area contributed by atoms with Gasteiger partial charge in [0.05, 0.1) is 5.92 Å². The highest BCUT2D eigenvalue weighted by atomic mass is 16.4. The number of carbonyl (C=O) groups excluding carboxylic acids is 1. The third-order valence-electron chi connectivity index (χ3n) is 3.63. The van der Waals surface area contributed by atoms with Gasteiger partial charge in [-0.3, -0.25) is 4.79 Å². The van der Waals surface area contributed by atoms with Crippen LogP contribution >= 0.6 is 0 Å². The molecule has 1 aliphatic rings. The second kappa shape index (κ2) is 4.94. The molecule has 0 aromatic heterocycles. The maximum atomic E-state index is 11.8. The van der Waals surface area contributed by atoms with E-state index in [1.807, 2.05) is 0 Å². The minimum atomic E-state index is -0.881. The fourth-order valence-corrected chi connectivity index (χ4v) is 1.96. The van der Waals surface area contributed by atoms with E-state index in [9.17, 15) is 9.59 Å². The Labute approximate surface area is 102 Å². The molecule has 1 aliphatic carbocycles. The minimum Gasteiger partial charge on any atom is -0.481 e. The normalized spacial score (nSPS) is 23.4. The quantitative estimate of drug-likeness (QED) is 0.785. The molecule has 1 saturated carbocycles. The molecule has 0 aliphatic heterocycles. The highest BCUT2D eigenvalue weighted by molar-refractivity contribution is 5.76. The number of aliphatic carboxylic acids is 1. The number of urea groups is 1. The monoisotopic (exact) mass is 242 g/mol. The molecule has 0 spiro atoms. The van der Waals surface area contributed by atoms with E-state index >= 15 is 0 Å². The lowest BCUT2D eigenvalue weighted by atomic mass is 9.67. The predicted molar refractivity (Wildman–Crippen MR) is 64.8 cm³/mol. The smallest absolute Gasteiger partial charge is 0.317 e. The van der Waals surface area contributed by atoms with Crippen LogP contribution in [0.25, 0.3) is 0 Å². The molecule has 0 saturated heterocycles. The Kier molecular flexibility index (Phi) is 4.01. The molecule has 0 heterocycles. The van der Waals surface area contributed by atoms with Gasteiger partial charge < -0.3 is 15.3 Å². The number of nitrogens with zero attached hydrogens (tertiary/aromatic N) is 1. The first kappa shape index (κ1) is 13.8. The maximum Gasteiger partial charge on any atom is 0.317 e. The summed E-state index contributed by atoms with van der Waals surface area (Å²) in [5, 5.41) is 11.7. The summed E-state index contributed by atoms with van der Waals surface area (Å²) in [6.45, 7) is 6.08. The fourth-order valence-electron chi connectivity index (χ4n) is 1.96. The summed E-state index contributed by atoms with van der Waals surface area (Å²) in [7, 11) is 1.63. The summed E-state index contributed by atoms with van der Waals surface area (Å²) >= 11 is 0. The third-order valence-corrected chi connectivity index (χ3v) is 3.63. The zero-order chi connectivity index (χ0) is 13.2. The molecule has 0 bridgehead atoms. The van der Waals surface area contributed by atoms with Gasteiger partial charge in [-0.2, -0.15) is 0 Å². The molecule has 2 atom stereocenters. The van der Waals surface area contributed by atoms with Crippen molar-refractivity contribution >= 4 is 12.0 Å². The number of rotatable bonds is 4. The van der Waals surface area contributed by atoms with Crippen LogP contribution in [-0.2, 0) is 4.79 Å². The van der Waals surface area contributed by atoms with Gasteiger partial charge >= 0.3 is 12.0 Å². The minimum absolute atomic E-state index is 0.162. The van der Waals surface area contributed by atoms with Gasteiger partial charge in [0.2, 0.25) is 0 Å². The van der Waals surface area contributed by atoms with Gasteiger partial charge in [-0.25, -0.2) is 4.79 Å². The van der Waals surface area contributed by atoms with Crippen molar-refractivity contribution in [3.63, 3.8) is 0 Å². The second-order valence-corrected chi connectivity index (χ2v) is 5.65. The van der Waals surface area contributed by atoms with Crippen molar-refractivity contribution < 1.29 is 14.7 Å². The van der Waals surface area contributed by atoms with E-state index in [4.69, 9.17) is 5.11 Å². The van der Waals surface area contributed by atoms with E-state index in [-0.39, 0.29) is 24.0 Å². The largest absolute Gasteiger partial charge is 0.481 e. The Morgan fingerprint density at radius 1 is 1.53 bits per heavy atom. The first-order valence-electron chi connectivity index (χ1n) is 5.98. The number of carboxylic acids is 1. The van der Waals surface area contributed by atoms with Crippen LogP contribution in [0.3, 0.4) is 0 Å². The maximum absolute atomic E-state index is 11.8. The Bertz CT molecular complexity index is 315. The van der Waals surface area contributed by atoms with Crippen LogP contribution in [0.4, 0.5) is 4.79 Å². The molecule has 98 valence electrons. The van der Waals surface area contributed by atoms with Crippen molar-refractivity contribution in [1.82, 2.24) is 10.2 Å². The van der Waals surface area contributed by atoms with E-state index < -0.39 is 11.9 Å². The van der Waals surface area contributed by atoms with Crippen LogP contribution < -0.4 is 5.32 Å². The van der Waals surface area contributed by atoms with E-state index in [1.165, 1.54) is 4.90 Å². The average molecular weight is 242 g/mol. The first-order chi connectivity index (χ1) is 7.74. The van der Waals surface area contributed by atoms with Crippen molar-refractivity contribution in [3.05, 3.63) is 0 Å². The van der Waals surface area contributed by atoms with E-state index in [2.05, 4.69) is 19.2 Å². The average Bonchev–Trinajstić information content (AvgIpc) is 2.23. The van der Waals surface area contributed by atoms with Gasteiger partial charge in [-0.05, 0) is 18.3 Å². The van der Waals surface area contributed by atoms with Gasteiger partial charge in [0, 0.05) is 19.6 Å². The van der Waals surface area contributed by atoms with Gasteiger partial charge in [0.15, 0.2) is 0 Å². The van der Waals surface area contributed by atoms with Gasteiger partial charge in [-0.1, -0.05) is 20.8 Å². The Balaban J connectivity index is 2.40. The van der Waals surface area contributed by atoms with Gasteiger partial charge in [-0.15, -0.1) is 0 Å². The molecule has 1 fully saturated rings. The number of hydrogen-bond acceptors (Lipinski definition) is 2. The summed E-state index contributed by atoms with van der Waals surface area (Å²) in [6.07, 6.45) is 2.12. The van der Waals surface area contributed by atoms with E-state index in [0.29, 0.717) is 0 Å². The number of carbonyl (C=O) groups is 2. The topological polar surface area (TPSA) is 69.6 Å². The summed E-state index contributed by atoms with van der Waals surface area (Å²) in [5.74, 6) is -1.42. The molecule has 17 heavy (non-hydrogen) atoms. The lowest BCUT2D eigenvalue weighted by Crippen LogP contribution is -2.55. The molecule has 5 heteroatoms. The molecule has 0 radical (unpaired) electrons. The van der Waals surface area contributed by atoms with Crippen LogP contribution in [-0.4, -0.2) is 41.6 Å². The van der Waals surface area contributed by atoms with Crippen LogP contribution in [0.1, 0.15) is 33.6 Å². The van der Waals surface area contributed by atoms with E-state index in [1.54, 1.807) is 14.0 Å². The molecular weight excluding hydrogens is 220 g/mol. The lowest BCUT2D eigenvalue weighted by molar-refractivity contribution is -0.141. The Morgan fingerprint density at radius 3 is 2.47 bits per heavy atom. The van der Waals surface area contributed by atoms with Crippen LogP contribution in [0.2, 0.25) is 0 Å². The van der Waals surface area contributed by atoms with Gasteiger partial charge in [0.25, 0.3) is 0 Å². The summed E-state index contributed by atoms with van der Waals surface area (Å²) < 4.78 is 0. The predicted octanol–water partition coefficient (Wildman–Crippen LogP) is 1.54. The summed E-state index contributed by atoms with van der Waals surface area (Å²) in [5.41, 5.74) is 0.162. The Hall–Kier alpha value is -1.26. The van der Waals surface area contributed by atoms with Crippen LogP contribution in [0.5, 0.6) is 0 Å². The number of nitrogens with one attached hydrogen (secondary N) is 1. The molecule has 2 amide bonds. The van der Waals surface area contributed by atoms with E-state index in [0.717, 1.165) is 12.8 Å². The number of carboxylic acid groups (broad SMARTS) is 1. The van der Waals surface area contributed by atoms with Crippen LogP contribution in [0, 0.1) is 11.3 Å². The second-order valence-electron chi connectivity index (χ2n) is 5.65. The van der Waals surface area contributed by atoms with Crippen molar-refractivity contribution in [2.75, 3.05) is 13.6 Å². The zero-order valence-electron chi connectivity index (χ0n) is 11.0. The SMILES string of the molecule is CC(CN(C)C(=O)NC1CCC1(C)C)C(=O)O. The summed E-state index contributed by atoms with van der Waals surface area (Å²) in [4.78, 5) is 23.9. The molecular formula is C12H22N2O3. The highest BCUT2D eigenvalue weighted by Gasteiger charge is 2.39. The molecule has 2 unspecified atom stereocenters. The molecule has 0 aromatic carbocycles. The van der Waals surface area contributed by atoms with Crippen molar-refractivity contribution in [2.24, 2.45) is 11.3 Å². The molecule has 0 aromatic rings. The summed E-state index contributed by atoms with van der Waals surface area (Å²) in [6, 6.07) is 0.0217. The molecule has 2 N–H and O–H groups in total. The fraction of sp³-hybridized carbons (Fsp3) is 0.833. The Morgan fingerprint density at radius 2 is 2.12 bits per heavy atom. The molecule has 5 nitrogen and oxygen atoms in total. The zero-order valence-corrected chi connectivity index (χ0v) is 11.0. The third kappa shape index (κ3) is 3.35. The van der Waals surface area contributed by atoms with Crippen LogP contribution in [0.15, 0.2) is 0 Å². The standard InChI is InChI=1S/C12H22N2O3/c1-8(10(15)16)7-14(4)11(17)13-9-5-6-12(9,2)3/h8-9H,5-7H2,1-4H3,(H,13,17)(H,15,16). The lowest BCUT2D eigenvalue weighted by Gasteiger charge is -2.45. The van der Waals surface area contributed by atoms with Gasteiger partial charge in [0.1, 0.15) is 0 Å². The van der Waals surface area contributed by atoms with Crippen molar-refractivity contribution in [2.45, 2.75) is 39.7 Å². The molecule has 1 rings (SSSR count). The number of hydrogen-bond donors (Lipinski definition) is 2.